The topological polar surface area (TPSA) is 0 Å². The molecule has 10 aromatic rings. The molecule has 10 aromatic carbocycles. The van der Waals surface area contributed by atoms with Crippen LogP contribution in [0.4, 0.5) is 0 Å². The van der Waals surface area contributed by atoms with Gasteiger partial charge >= 0.3 is 0 Å². The predicted molar refractivity (Wildman–Crippen MR) is 216 cm³/mol. The van der Waals surface area contributed by atoms with Crippen molar-refractivity contribution in [2.75, 3.05) is 0 Å². The number of fused-ring (bicyclic) bond motifs is 19. The highest BCUT2D eigenvalue weighted by molar-refractivity contribution is 6.25. The van der Waals surface area contributed by atoms with E-state index in [9.17, 15) is 0 Å². The molecule has 0 heteroatoms. The summed E-state index contributed by atoms with van der Waals surface area (Å²) in [7, 11) is 0. The second kappa shape index (κ2) is 9.81. The third-order valence-electron chi connectivity index (χ3n) is 12.0. The fraction of sp³-hybridized carbons (Fsp3) is 0.0196. The molecule has 0 aromatic heterocycles. The minimum Gasteiger partial charge on any atom is -0.0619 e. The van der Waals surface area contributed by atoms with Crippen molar-refractivity contribution in [3.05, 3.63) is 204 Å². The third-order valence-corrected chi connectivity index (χ3v) is 12.0. The Kier molecular flexibility index (Phi) is 5.26. The molecule has 2 aliphatic carbocycles. The minimum atomic E-state index is -0.380. The van der Waals surface area contributed by atoms with Gasteiger partial charge in [0, 0.05) is 0 Å². The van der Waals surface area contributed by atoms with Crippen LogP contribution in [-0.4, -0.2) is 0 Å². The summed E-state index contributed by atoms with van der Waals surface area (Å²) in [6.45, 7) is 0. The largest absolute Gasteiger partial charge is 0.0725 e. The lowest BCUT2D eigenvalue weighted by Crippen LogP contribution is -2.25. The van der Waals surface area contributed by atoms with E-state index in [1.54, 1.807) is 0 Å². The van der Waals surface area contributed by atoms with Gasteiger partial charge in [-0.05, 0) is 134 Å². The van der Waals surface area contributed by atoms with E-state index in [1.807, 2.05) is 0 Å². The molecule has 0 amide bonds. The van der Waals surface area contributed by atoms with Crippen molar-refractivity contribution in [2.45, 2.75) is 5.41 Å². The van der Waals surface area contributed by atoms with Gasteiger partial charge in [-0.2, -0.15) is 0 Å². The Morgan fingerprint density at radius 1 is 0.255 bits per heavy atom. The number of benzene rings is 10. The van der Waals surface area contributed by atoms with Crippen molar-refractivity contribution in [3.8, 4) is 33.4 Å². The Morgan fingerprint density at radius 2 is 0.784 bits per heavy atom. The molecule has 234 valence electrons. The van der Waals surface area contributed by atoms with Gasteiger partial charge < -0.3 is 0 Å². The molecular weight excluding hydrogens is 613 g/mol. The van der Waals surface area contributed by atoms with Crippen LogP contribution in [0, 0.1) is 0 Å². The van der Waals surface area contributed by atoms with Gasteiger partial charge in [-0.15, -0.1) is 0 Å². The van der Waals surface area contributed by atoms with Gasteiger partial charge in [0.25, 0.3) is 0 Å². The van der Waals surface area contributed by atoms with Crippen molar-refractivity contribution in [2.24, 2.45) is 0 Å². The first-order valence-corrected chi connectivity index (χ1v) is 17.9. The molecule has 1 spiro atoms. The smallest absolute Gasteiger partial charge is 0.0619 e. The summed E-state index contributed by atoms with van der Waals surface area (Å²) < 4.78 is 0. The summed E-state index contributed by atoms with van der Waals surface area (Å²) in [5.74, 6) is 0. The quantitative estimate of drug-likeness (QED) is 0.156. The molecule has 0 heterocycles. The Hall–Kier alpha value is -6.50. The Labute approximate surface area is 295 Å². The lowest BCUT2D eigenvalue weighted by molar-refractivity contribution is 0.795. The molecule has 0 unspecified atom stereocenters. The van der Waals surface area contributed by atoms with E-state index < -0.39 is 0 Å². The normalized spacial score (nSPS) is 13.6. The SMILES string of the molecule is c1ccc2c(c1)-c1ccccc1C21c2cc3cc(-c4ccc5c6ccccc6c6ccccc6c5c4)ccc3cc2-c2c1ccc1ccccc21. The summed E-state index contributed by atoms with van der Waals surface area (Å²) >= 11 is 0. The summed E-state index contributed by atoms with van der Waals surface area (Å²) in [6.07, 6.45) is 0. The van der Waals surface area contributed by atoms with E-state index in [0.29, 0.717) is 0 Å². The van der Waals surface area contributed by atoms with Gasteiger partial charge in [-0.1, -0.05) is 158 Å². The lowest BCUT2D eigenvalue weighted by Gasteiger charge is -2.30. The molecule has 12 rings (SSSR count). The zero-order valence-corrected chi connectivity index (χ0v) is 27.8. The molecule has 0 fully saturated rings. The number of hydrogen-bond acceptors (Lipinski definition) is 0. The van der Waals surface area contributed by atoms with Gasteiger partial charge in [0.1, 0.15) is 0 Å². The van der Waals surface area contributed by atoms with E-state index in [2.05, 4.69) is 182 Å². The summed E-state index contributed by atoms with van der Waals surface area (Å²) in [5.41, 5.74) is 13.0. The molecule has 0 radical (unpaired) electrons. The van der Waals surface area contributed by atoms with Crippen LogP contribution in [-0.2, 0) is 5.41 Å². The second-order valence-electron chi connectivity index (χ2n) is 14.4. The fourth-order valence-electron chi connectivity index (χ4n) is 9.92. The highest BCUT2D eigenvalue weighted by atomic mass is 14.5. The monoisotopic (exact) mass is 642 g/mol. The third kappa shape index (κ3) is 3.44. The molecule has 51 heavy (non-hydrogen) atoms. The first-order chi connectivity index (χ1) is 25.3. The van der Waals surface area contributed by atoms with Crippen LogP contribution in [0.5, 0.6) is 0 Å². The summed E-state index contributed by atoms with van der Waals surface area (Å²) in [4.78, 5) is 0. The molecule has 0 saturated heterocycles. The van der Waals surface area contributed by atoms with Crippen LogP contribution in [0.1, 0.15) is 22.3 Å². The zero-order valence-electron chi connectivity index (χ0n) is 27.8. The maximum absolute atomic E-state index is 2.52. The zero-order chi connectivity index (χ0) is 33.3. The van der Waals surface area contributed by atoms with Gasteiger partial charge in [0.2, 0.25) is 0 Å². The number of hydrogen-bond donors (Lipinski definition) is 0. The van der Waals surface area contributed by atoms with Crippen LogP contribution in [0.15, 0.2) is 182 Å². The van der Waals surface area contributed by atoms with Gasteiger partial charge in [-0.25, -0.2) is 0 Å². The average molecular weight is 643 g/mol. The molecule has 0 aliphatic heterocycles. The molecule has 0 nitrogen and oxygen atoms in total. The second-order valence-corrected chi connectivity index (χ2v) is 14.4. The highest BCUT2D eigenvalue weighted by Crippen LogP contribution is 2.64. The van der Waals surface area contributed by atoms with E-state index in [0.717, 1.165) is 0 Å². The van der Waals surface area contributed by atoms with Crippen LogP contribution in [0.2, 0.25) is 0 Å². The van der Waals surface area contributed by atoms with E-state index in [-0.39, 0.29) is 5.41 Å². The predicted octanol–water partition coefficient (Wildman–Crippen LogP) is 13.5. The van der Waals surface area contributed by atoms with Gasteiger partial charge in [0.15, 0.2) is 0 Å². The van der Waals surface area contributed by atoms with Crippen molar-refractivity contribution in [1.82, 2.24) is 0 Å². The highest BCUT2D eigenvalue weighted by Gasteiger charge is 2.52. The van der Waals surface area contributed by atoms with Crippen molar-refractivity contribution in [1.29, 1.82) is 0 Å². The first-order valence-electron chi connectivity index (χ1n) is 17.9. The maximum Gasteiger partial charge on any atom is 0.0725 e. The molecular formula is C51H30. The maximum atomic E-state index is 2.52. The molecule has 0 atom stereocenters. The average Bonchev–Trinajstić information content (AvgIpc) is 3.66. The van der Waals surface area contributed by atoms with Crippen molar-refractivity contribution >= 4 is 53.9 Å². The lowest BCUT2D eigenvalue weighted by atomic mass is 9.70. The van der Waals surface area contributed by atoms with Crippen molar-refractivity contribution < 1.29 is 0 Å². The molecule has 0 saturated carbocycles. The molecule has 0 N–H and O–H groups in total. The Bertz CT molecular complexity index is 3060. The Morgan fingerprint density at radius 3 is 1.49 bits per heavy atom. The van der Waals surface area contributed by atoms with E-state index in [4.69, 9.17) is 0 Å². The van der Waals surface area contributed by atoms with Crippen LogP contribution in [0.3, 0.4) is 0 Å². The van der Waals surface area contributed by atoms with Crippen LogP contribution >= 0.6 is 0 Å². The van der Waals surface area contributed by atoms with Gasteiger partial charge in [-0.3, -0.25) is 0 Å². The van der Waals surface area contributed by atoms with E-state index >= 15 is 0 Å². The van der Waals surface area contributed by atoms with Crippen LogP contribution < -0.4 is 0 Å². The summed E-state index contributed by atoms with van der Waals surface area (Å²) in [5, 5.41) is 13.0. The van der Waals surface area contributed by atoms with E-state index in [1.165, 1.54) is 109 Å². The molecule has 0 bridgehead atoms. The minimum absolute atomic E-state index is 0.380. The first kappa shape index (κ1) is 27.3. The van der Waals surface area contributed by atoms with Crippen LogP contribution in [0.25, 0.3) is 87.2 Å². The Balaban J connectivity index is 1.14. The standard InChI is InChI=1S/C51H30/c1-2-12-36-31(11-1)24-26-48-50(36)45-29-34-22-21-32(33-23-25-41-39-15-4-3-13-37(39)38-14-5-6-16-40(38)44(41)28-33)27-35(34)30-49(45)51(48)46-19-9-7-17-42(46)43-18-8-10-20-47(43)51/h1-30H. The number of rotatable bonds is 1. The van der Waals surface area contributed by atoms with Gasteiger partial charge in [0.05, 0.1) is 5.41 Å². The molecule has 2 aliphatic rings. The summed E-state index contributed by atoms with van der Waals surface area (Å²) in [6, 6.07) is 68.6. The fourth-order valence-corrected chi connectivity index (χ4v) is 9.92. The van der Waals surface area contributed by atoms with Crippen molar-refractivity contribution in [3.63, 3.8) is 0 Å².